The van der Waals surface area contributed by atoms with E-state index in [4.69, 9.17) is 0 Å². The Morgan fingerprint density at radius 1 is 1.60 bits per heavy atom. The van der Waals surface area contributed by atoms with E-state index in [9.17, 15) is 4.79 Å². The summed E-state index contributed by atoms with van der Waals surface area (Å²) >= 11 is 1.61. The third-order valence-electron chi connectivity index (χ3n) is 2.49. The molecule has 2 unspecified atom stereocenters. The Morgan fingerprint density at radius 2 is 2.27 bits per heavy atom. The van der Waals surface area contributed by atoms with E-state index in [-0.39, 0.29) is 5.69 Å². The van der Waals surface area contributed by atoms with Crippen molar-refractivity contribution < 1.29 is 0 Å². The molecule has 0 spiro atoms. The van der Waals surface area contributed by atoms with Crippen molar-refractivity contribution in [2.24, 2.45) is 0 Å². The van der Waals surface area contributed by atoms with E-state index in [1.54, 1.807) is 16.3 Å². The first-order valence-electron chi connectivity index (χ1n) is 5.09. The van der Waals surface area contributed by atoms with Crippen LogP contribution in [0.3, 0.4) is 0 Å². The highest BCUT2D eigenvalue weighted by atomic mass is 32.2. The molecular weight excluding hydrogens is 212 g/mol. The first-order valence-corrected chi connectivity index (χ1v) is 5.97. The van der Waals surface area contributed by atoms with Gasteiger partial charge in [0.2, 0.25) is 0 Å². The van der Waals surface area contributed by atoms with Crippen LogP contribution in [-0.2, 0) is 6.54 Å². The lowest BCUT2D eigenvalue weighted by Crippen LogP contribution is -2.31. The van der Waals surface area contributed by atoms with Crippen LogP contribution < -0.4 is 11.0 Å². The van der Waals surface area contributed by atoms with Crippen molar-refractivity contribution in [1.29, 1.82) is 0 Å². The monoisotopic (exact) mass is 230 g/mol. The topological polar surface area (TPSA) is 62.7 Å². The van der Waals surface area contributed by atoms with Gasteiger partial charge in [-0.3, -0.25) is 4.57 Å². The van der Waals surface area contributed by atoms with Gasteiger partial charge in [0.15, 0.2) is 5.16 Å². The average molecular weight is 230 g/mol. The van der Waals surface area contributed by atoms with Crippen molar-refractivity contribution in [3.05, 3.63) is 10.5 Å². The number of aromatic nitrogens is 3. The van der Waals surface area contributed by atoms with Crippen molar-refractivity contribution in [2.45, 2.75) is 43.8 Å². The second-order valence-electron chi connectivity index (χ2n) is 3.46. The quantitative estimate of drug-likeness (QED) is 0.730. The smallest absolute Gasteiger partial charge is 0.316 e. The normalized spacial score (nSPS) is 15.2. The lowest BCUT2D eigenvalue weighted by molar-refractivity contribution is 0.599. The summed E-state index contributed by atoms with van der Waals surface area (Å²) in [5.74, 6) is 0. The molecule has 0 bridgehead atoms. The minimum Gasteiger partial charge on any atom is -0.316 e. The van der Waals surface area contributed by atoms with E-state index in [0.29, 0.717) is 17.8 Å². The predicted octanol–water partition coefficient (Wildman–Crippen LogP) is 0.680. The fourth-order valence-electron chi connectivity index (χ4n) is 1.18. The molecule has 0 fully saturated rings. The zero-order chi connectivity index (χ0) is 11.4. The molecule has 0 saturated heterocycles. The van der Waals surface area contributed by atoms with Crippen LogP contribution in [0.15, 0.2) is 9.95 Å². The number of thioether (sulfide) groups is 1. The summed E-state index contributed by atoms with van der Waals surface area (Å²) in [6.07, 6.45) is 0. The summed E-state index contributed by atoms with van der Waals surface area (Å²) in [4.78, 5) is 11.3. The van der Waals surface area contributed by atoms with Crippen molar-refractivity contribution in [3.63, 3.8) is 0 Å². The Bertz CT molecular complexity index is 359. The Balaban J connectivity index is 2.76. The van der Waals surface area contributed by atoms with Crippen molar-refractivity contribution in [2.75, 3.05) is 7.05 Å². The number of nitrogens with one attached hydrogen (secondary N) is 2. The molecular formula is C9H18N4OS. The fraction of sp³-hybridized carbons (Fsp3) is 0.778. The SMILES string of the molecule is CCn1c(SC(C)C(C)NC)n[nH]c1=O. The second-order valence-corrected chi connectivity index (χ2v) is 4.80. The van der Waals surface area contributed by atoms with Gasteiger partial charge in [-0.15, -0.1) is 5.10 Å². The van der Waals surface area contributed by atoms with Gasteiger partial charge in [0.1, 0.15) is 0 Å². The standard InChI is InChI=1S/C9H18N4OS/c1-5-13-8(14)11-12-9(13)15-7(3)6(2)10-4/h6-7,10H,5H2,1-4H3,(H,11,14). The molecule has 0 aliphatic rings. The second kappa shape index (κ2) is 5.37. The van der Waals surface area contributed by atoms with E-state index in [1.165, 1.54) is 0 Å². The highest BCUT2D eigenvalue weighted by Crippen LogP contribution is 2.21. The molecule has 1 aromatic rings. The molecule has 86 valence electrons. The fourth-order valence-corrected chi connectivity index (χ4v) is 2.29. The van der Waals surface area contributed by atoms with Gasteiger partial charge in [0.05, 0.1) is 0 Å². The van der Waals surface area contributed by atoms with Gasteiger partial charge < -0.3 is 5.32 Å². The van der Waals surface area contributed by atoms with Gasteiger partial charge in [-0.05, 0) is 20.9 Å². The molecule has 0 aliphatic heterocycles. The van der Waals surface area contributed by atoms with Crippen LogP contribution in [0.1, 0.15) is 20.8 Å². The summed E-state index contributed by atoms with van der Waals surface area (Å²) < 4.78 is 1.64. The largest absolute Gasteiger partial charge is 0.343 e. The van der Waals surface area contributed by atoms with Crippen LogP contribution in [0, 0.1) is 0 Å². The van der Waals surface area contributed by atoms with Gasteiger partial charge in [-0.2, -0.15) is 0 Å². The summed E-state index contributed by atoms with van der Waals surface area (Å²) in [6, 6.07) is 0.382. The predicted molar refractivity (Wildman–Crippen MR) is 62.4 cm³/mol. The third kappa shape index (κ3) is 2.85. The first kappa shape index (κ1) is 12.3. The van der Waals surface area contributed by atoms with Gasteiger partial charge in [-0.25, -0.2) is 9.89 Å². The molecule has 1 aromatic heterocycles. The van der Waals surface area contributed by atoms with E-state index in [0.717, 1.165) is 5.16 Å². The number of hydrogen-bond donors (Lipinski definition) is 2. The van der Waals surface area contributed by atoms with Crippen LogP contribution in [-0.4, -0.2) is 33.1 Å². The van der Waals surface area contributed by atoms with E-state index in [2.05, 4.69) is 29.4 Å². The van der Waals surface area contributed by atoms with Crippen molar-refractivity contribution in [1.82, 2.24) is 20.1 Å². The Labute approximate surface area is 93.6 Å². The van der Waals surface area contributed by atoms with Crippen molar-refractivity contribution >= 4 is 11.8 Å². The first-order chi connectivity index (χ1) is 7.10. The van der Waals surface area contributed by atoms with Crippen LogP contribution in [0.2, 0.25) is 0 Å². The highest BCUT2D eigenvalue weighted by molar-refractivity contribution is 7.99. The molecule has 1 rings (SSSR count). The van der Waals surface area contributed by atoms with Crippen LogP contribution in [0.5, 0.6) is 0 Å². The summed E-state index contributed by atoms with van der Waals surface area (Å²) in [5.41, 5.74) is -0.135. The molecule has 0 aliphatic carbocycles. The molecule has 6 heteroatoms. The molecule has 2 N–H and O–H groups in total. The number of aromatic amines is 1. The number of hydrogen-bond acceptors (Lipinski definition) is 4. The molecule has 0 aromatic carbocycles. The molecule has 5 nitrogen and oxygen atoms in total. The molecule has 0 radical (unpaired) electrons. The van der Waals surface area contributed by atoms with E-state index >= 15 is 0 Å². The molecule has 0 amide bonds. The zero-order valence-corrected chi connectivity index (χ0v) is 10.4. The highest BCUT2D eigenvalue weighted by Gasteiger charge is 2.15. The van der Waals surface area contributed by atoms with Crippen molar-refractivity contribution in [3.8, 4) is 0 Å². The zero-order valence-electron chi connectivity index (χ0n) is 9.57. The Morgan fingerprint density at radius 3 is 2.80 bits per heavy atom. The van der Waals surface area contributed by atoms with Gasteiger partial charge in [0, 0.05) is 17.8 Å². The van der Waals surface area contributed by atoms with Gasteiger partial charge >= 0.3 is 5.69 Å². The Kier molecular flexibility index (Phi) is 4.41. The summed E-state index contributed by atoms with van der Waals surface area (Å²) in [6.45, 7) is 6.81. The molecule has 1 heterocycles. The maximum absolute atomic E-state index is 11.3. The van der Waals surface area contributed by atoms with E-state index in [1.807, 2.05) is 14.0 Å². The van der Waals surface area contributed by atoms with Gasteiger partial charge in [-0.1, -0.05) is 18.7 Å². The molecule has 0 saturated carbocycles. The molecule has 15 heavy (non-hydrogen) atoms. The minimum absolute atomic E-state index is 0.135. The minimum atomic E-state index is -0.135. The van der Waals surface area contributed by atoms with Gasteiger partial charge in [0.25, 0.3) is 0 Å². The van der Waals surface area contributed by atoms with Crippen LogP contribution in [0.25, 0.3) is 0 Å². The average Bonchev–Trinajstić information content (AvgIpc) is 2.57. The lowest BCUT2D eigenvalue weighted by Gasteiger charge is -2.17. The maximum Gasteiger partial charge on any atom is 0.343 e. The van der Waals surface area contributed by atoms with Crippen LogP contribution >= 0.6 is 11.8 Å². The van der Waals surface area contributed by atoms with E-state index < -0.39 is 0 Å². The maximum atomic E-state index is 11.3. The summed E-state index contributed by atoms with van der Waals surface area (Å²) in [5, 5.41) is 10.8. The lowest BCUT2D eigenvalue weighted by atomic mass is 10.3. The summed E-state index contributed by atoms with van der Waals surface area (Å²) in [7, 11) is 1.93. The molecule has 2 atom stereocenters. The third-order valence-corrected chi connectivity index (χ3v) is 3.79. The van der Waals surface area contributed by atoms with Crippen LogP contribution in [0.4, 0.5) is 0 Å². The number of H-pyrrole nitrogens is 1. The Hall–Kier alpha value is -0.750. The number of nitrogens with zero attached hydrogens (tertiary/aromatic N) is 2. The number of rotatable bonds is 5.